The monoisotopic (exact) mass is 380 g/mol. The molecule has 0 heterocycles. The van der Waals surface area contributed by atoms with Crippen LogP contribution in [0.25, 0.3) is 0 Å². The average Bonchev–Trinajstić information content (AvgIpc) is 2.66. The van der Waals surface area contributed by atoms with E-state index in [9.17, 15) is 0 Å². The first-order valence-electron chi connectivity index (χ1n) is 12.4. The van der Waals surface area contributed by atoms with Gasteiger partial charge < -0.3 is 4.48 Å². The number of hydrogen-bond donors (Lipinski definition) is 0. The molecule has 0 spiro atoms. The summed E-state index contributed by atoms with van der Waals surface area (Å²) in [5.74, 6) is 0. The molecule has 1 heteroatoms. The van der Waals surface area contributed by atoms with Crippen LogP contribution in [0.4, 0.5) is 0 Å². The van der Waals surface area contributed by atoms with Gasteiger partial charge in [-0.25, -0.2) is 0 Å². The minimum absolute atomic E-state index is 0.183. The summed E-state index contributed by atoms with van der Waals surface area (Å²) < 4.78 is 1.17. The van der Waals surface area contributed by atoms with Crippen molar-refractivity contribution in [3.8, 4) is 0 Å². The topological polar surface area (TPSA) is 0 Å². The normalized spacial score (nSPS) is 12.5. The molecule has 0 aliphatic heterocycles. The van der Waals surface area contributed by atoms with Crippen molar-refractivity contribution in [1.82, 2.24) is 0 Å². The fourth-order valence-electron chi connectivity index (χ4n) is 4.10. The predicted molar refractivity (Wildman–Crippen MR) is 125 cm³/mol. The van der Waals surface area contributed by atoms with Crippen LogP contribution in [-0.2, 0) is 0 Å². The Balaban J connectivity index is 4.09. The summed E-state index contributed by atoms with van der Waals surface area (Å²) in [6, 6.07) is 0. The Morgan fingerprint density at radius 2 is 0.889 bits per heavy atom. The third kappa shape index (κ3) is 12.7. The Morgan fingerprint density at radius 3 is 1.19 bits per heavy atom. The van der Waals surface area contributed by atoms with Crippen molar-refractivity contribution in [2.75, 3.05) is 20.1 Å². The zero-order chi connectivity index (χ0) is 20.4. The highest BCUT2D eigenvalue weighted by molar-refractivity contribution is 4.90. The molecule has 0 aromatic heterocycles. The maximum Gasteiger partial charge on any atom is 0.112 e. The highest BCUT2D eigenvalue weighted by Gasteiger charge is 2.36. The van der Waals surface area contributed by atoms with Crippen LogP contribution in [0.5, 0.6) is 0 Å². The fraction of sp³-hybridized carbons (Fsp3) is 0.923. The molecule has 0 rings (SSSR count). The summed E-state index contributed by atoms with van der Waals surface area (Å²) in [6.45, 7) is 16.1. The van der Waals surface area contributed by atoms with Crippen LogP contribution in [-0.4, -0.2) is 30.2 Å². The molecule has 0 amide bonds. The fourth-order valence-corrected chi connectivity index (χ4v) is 4.10. The maximum atomic E-state index is 4.16. The second-order valence-electron chi connectivity index (χ2n) is 9.65. The summed E-state index contributed by atoms with van der Waals surface area (Å²) in [5.41, 5.74) is 0.183. The number of hydrogen-bond acceptors (Lipinski definition) is 0. The van der Waals surface area contributed by atoms with Gasteiger partial charge in [-0.2, -0.15) is 0 Å². The van der Waals surface area contributed by atoms with Crippen molar-refractivity contribution >= 4 is 0 Å². The highest BCUT2D eigenvalue weighted by Crippen LogP contribution is 2.26. The first-order chi connectivity index (χ1) is 12.9. The number of unbranched alkanes of at least 4 members (excludes halogenated alkanes) is 14. The van der Waals surface area contributed by atoms with E-state index in [0.717, 1.165) is 0 Å². The molecule has 0 unspecified atom stereocenters. The van der Waals surface area contributed by atoms with E-state index in [-0.39, 0.29) is 5.54 Å². The summed E-state index contributed by atoms with van der Waals surface area (Å²) in [4.78, 5) is 0. The van der Waals surface area contributed by atoms with Gasteiger partial charge >= 0.3 is 0 Å². The third-order valence-corrected chi connectivity index (χ3v) is 6.90. The highest BCUT2D eigenvalue weighted by atomic mass is 15.4. The molecule has 0 bridgehead atoms. The van der Waals surface area contributed by atoms with Crippen molar-refractivity contribution in [2.45, 2.75) is 136 Å². The molecule has 0 saturated carbocycles. The van der Waals surface area contributed by atoms with Crippen LogP contribution < -0.4 is 0 Å². The largest absolute Gasteiger partial charge is 0.318 e. The molecule has 0 radical (unpaired) electrons. The lowest BCUT2D eigenvalue weighted by Gasteiger charge is -2.46. The second kappa shape index (κ2) is 16.6. The van der Waals surface area contributed by atoms with E-state index in [1.165, 1.54) is 120 Å². The van der Waals surface area contributed by atoms with Gasteiger partial charge in [0.25, 0.3) is 0 Å². The van der Waals surface area contributed by atoms with Gasteiger partial charge in [-0.15, -0.1) is 0 Å². The Morgan fingerprint density at radius 1 is 0.593 bits per heavy atom. The van der Waals surface area contributed by atoms with Crippen LogP contribution in [0.2, 0.25) is 0 Å². The molecule has 1 nitrogen and oxygen atoms in total. The maximum absolute atomic E-state index is 4.16. The average molecular weight is 381 g/mol. The standard InChI is InChI=1S/C26H54N/c1-7-10-12-14-16-18-20-22-24-27(6,26(4,5)9-3)25-23-21-19-17-15-13-11-8-2/h9H,3,7-8,10-25H2,1-2,4-6H3/q+1. The molecule has 0 fully saturated rings. The van der Waals surface area contributed by atoms with E-state index in [4.69, 9.17) is 0 Å². The van der Waals surface area contributed by atoms with E-state index in [1.807, 2.05) is 0 Å². The van der Waals surface area contributed by atoms with Crippen LogP contribution in [0.15, 0.2) is 12.7 Å². The zero-order valence-electron chi connectivity index (χ0n) is 20.0. The van der Waals surface area contributed by atoms with E-state index in [0.29, 0.717) is 0 Å². The molecule has 0 saturated heterocycles. The molecule has 0 N–H and O–H groups in total. The minimum Gasteiger partial charge on any atom is -0.318 e. The Hall–Kier alpha value is -0.300. The van der Waals surface area contributed by atoms with E-state index in [2.05, 4.69) is 47.4 Å². The molecular formula is C26H54N+. The number of likely N-dealkylation sites (N-methyl/N-ethyl adjacent to an activating group) is 1. The van der Waals surface area contributed by atoms with Crippen LogP contribution in [0, 0.1) is 0 Å². The quantitative estimate of drug-likeness (QED) is 0.112. The lowest BCUT2D eigenvalue weighted by molar-refractivity contribution is -0.948. The second-order valence-corrected chi connectivity index (χ2v) is 9.65. The minimum atomic E-state index is 0.183. The van der Waals surface area contributed by atoms with Crippen molar-refractivity contribution in [1.29, 1.82) is 0 Å². The molecule has 162 valence electrons. The van der Waals surface area contributed by atoms with Gasteiger partial charge in [0.2, 0.25) is 0 Å². The van der Waals surface area contributed by atoms with Gasteiger partial charge in [-0.3, -0.25) is 0 Å². The van der Waals surface area contributed by atoms with Crippen LogP contribution >= 0.6 is 0 Å². The lowest BCUT2D eigenvalue weighted by atomic mass is 9.97. The van der Waals surface area contributed by atoms with E-state index in [1.54, 1.807) is 0 Å². The SMILES string of the molecule is C=CC(C)(C)[N+](C)(CCCCCCCCCC)CCCCCCCCCC. The number of nitrogens with zero attached hydrogens (tertiary/aromatic N) is 1. The summed E-state index contributed by atoms with van der Waals surface area (Å²) >= 11 is 0. The molecule has 0 aliphatic rings. The number of quaternary nitrogens is 1. The Bertz CT molecular complexity index is 311. The van der Waals surface area contributed by atoms with E-state index < -0.39 is 0 Å². The Labute approximate surface area is 173 Å². The van der Waals surface area contributed by atoms with Crippen molar-refractivity contribution in [3.63, 3.8) is 0 Å². The van der Waals surface area contributed by atoms with Crippen molar-refractivity contribution < 1.29 is 4.48 Å². The first kappa shape index (κ1) is 26.7. The lowest BCUT2D eigenvalue weighted by Crippen LogP contribution is -2.58. The van der Waals surface area contributed by atoms with Gasteiger partial charge in [0, 0.05) is 0 Å². The van der Waals surface area contributed by atoms with Gasteiger partial charge in [-0.05, 0) is 45.6 Å². The van der Waals surface area contributed by atoms with Crippen molar-refractivity contribution in [3.05, 3.63) is 12.7 Å². The van der Waals surface area contributed by atoms with Gasteiger partial charge in [0.1, 0.15) is 5.54 Å². The molecule has 0 aliphatic carbocycles. The van der Waals surface area contributed by atoms with Crippen LogP contribution in [0.3, 0.4) is 0 Å². The smallest absolute Gasteiger partial charge is 0.112 e. The zero-order valence-corrected chi connectivity index (χ0v) is 20.0. The summed E-state index contributed by atoms with van der Waals surface area (Å²) in [6.07, 6.45) is 24.8. The predicted octanol–water partition coefficient (Wildman–Crippen LogP) is 8.68. The van der Waals surface area contributed by atoms with Gasteiger partial charge in [0.05, 0.1) is 20.1 Å². The Kier molecular flexibility index (Phi) is 16.5. The van der Waals surface area contributed by atoms with Gasteiger partial charge in [0.15, 0.2) is 0 Å². The van der Waals surface area contributed by atoms with Gasteiger partial charge in [-0.1, -0.05) is 97.5 Å². The number of rotatable bonds is 20. The summed E-state index contributed by atoms with van der Waals surface area (Å²) in [5, 5.41) is 0. The van der Waals surface area contributed by atoms with Crippen molar-refractivity contribution in [2.24, 2.45) is 0 Å². The van der Waals surface area contributed by atoms with Crippen LogP contribution in [0.1, 0.15) is 130 Å². The molecule has 27 heavy (non-hydrogen) atoms. The summed E-state index contributed by atoms with van der Waals surface area (Å²) in [7, 11) is 2.48. The van der Waals surface area contributed by atoms with E-state index >= 15 is 0 Å². The molecule has 0 aromatic carbocycles. The molecular weight excluding hydrogens is 326 g/mol. The molecule has 0 aromatic rings. The third-order valence-electron chi connectivity index (χ3n) is 6.90. The first-order valence-corrected chi connectivity index (χ1v) is 12.4. The molecule has 0 atom stereocenters.